The summed E-state index contributed by atoms with van der Waals surface area (Å²) in [6.07, 6.45) is 7.74. The topological polar surface area (TPSA) is 74.6 Å². The molecule has 2 atom stereocenters. The van der Waals surface area contributed by atoms with Crippen LogP contribution in [0.3, 0.4) is 0 Å². The van der Waals surface area contributed by atoms with Crippen molar-refractivity contribution in [1.29, 1.82) is 0 Å². The highest BCUT2D eigenvalue weighted by Crippen LogP contribution is 2.30. The molecule has 28 heavy (non-hydrogen) atoms. The predicted octanol–water partition coefficient (Wildman–Crippen LogP) is 3.53. The number of fused-ring (bicyclic) bond motifs is 1. The van der Waals surface area contributed by atoms with Gasteiger partial charge in [-0.1, -0.05) is 6.42 Å². The number of benzene rings is 1. The van der Waals surface area contributed by atoms with Crippen molar-refractivity contribution in [2.75, 3.05) is 25.0 Å². The van der Waals surface area contributed by atoms with Crippen LogP contribution in [0.4, 0.5) is 5.69 Å². The number of furan rings is 1. The predicted molar refractivity (Wildman–Crippen MR) is 107 cm³/mol. The Morgan fingerprint density at radius 3 is 2.61 bits per heavy atom. The Labute approximate surface area is 165 Å². The second-order valence-corrected chi connectivity index (χ2v) is 7.72. The van der Waals surface area contributed by atoms with E-state index < -0.39 is 0 Å². The molecule has 2 aliphatic heterocycles. The van der Waals surface area contributed by atoms with Crippen LogP contribution in [-0.4, -0.2) is 42.4 Å². The van der Waals surface area contributed by atoms with Gasteiger partial charge in [0.25, 0.3) is 11.8 Å². The molecule has 2 saturated heterocycles. The molecule has 2 amide bonds. The van der Waals surface area contributed by atoms with Crippen LogP contribution in [0, 0.1) is 5.92 Å². The van der Waals surface area contributed by atoms with E-state index in [1.807, 2.05) is 0 Å². The average molecular weight is 381 g/mol. The van der Waals surface area contributed by atoms with E-state index in [0.717, 1.165) is 6.54 Å². The zero-order valence-corrected chi connectivity index (χ0v) is 16.0. The van der Waals surface area contributed by atoms with Crippen LogP contribution >= 0.6 is 0 Å². The monoisotopic (exact) mass is 381 g/mol. The lowest BCUT2D eigenvalue weighted by atomic mass is 9.83. The molecule has 3 heterocycles. The average Bonchev–Trinajstić information content (AvgIpc) is 3.27. The third kappa shape index (κ3) is 4.28. The summed E-state index contributed by atoms with van der Waals surface area (Å²) in [6.45, 7) is 3.15. The molecule has 4 rings (SSSR count). The van der Waals surface area contributed by atoms with Crippen molar-refractivity contribution in [1.82, 2.24) is 10.2 Å². The summed E-state index contributed by atoms with van der Waals surface area (Å²) >= 11 is 0. The van der Waals surface area contributed by atoms with Gasteiger partial charge in [0.05, 0.1) is 6.26 Å². The van der Waals surface area contributed by atoms with Gasteiger partial charge in [-0.2, -0.15) is 0 Å². The second-order valence-electron chi connectivity index (χ2n) is 7.72. The molecule has 0 aliphatic carbocycles. The molecule has 2 N–H and O–H groups in total. The molecule has 6 nitrogen and oxygen atoms in total. The van der Waals surface area contributed by atoms with E-state index in [-0.39, 0.29) is 17.6 Å². The molecule has 0 radical (unpaired) electrons. The van der Waals surface area contributed by atoms with Crippen LogP contribution in [0.1, 0.15) is 53.0 Å². The second kappa shape index (κ2) is 8.61. The molecule has 2 fully saturated rings. The minimum Gasteiger partial charge on any atom is -0.459 e. The Morgan fingerprint density at radius 2 is 1.82 bits per heavy atom. The maximum atomic E-state index is 12.5. The maximum absolute atomic E-state index is 12.5. The standard InChI is InChI=1S/C22H27N3O3/c26-21(23-15-17-5-3-13-25-12-2-1-6-19(17)25)16-8-10-18(11-9-16)24-22(27)20-7-4-14-28-20/h4,7-11,14,17,19H,1-3,5-6,12-13,15H2,(H,23,26)(H,24,27)/t17-,19+/m0/s1. The number of nitrogens with zero attached hydrogens (tertiary/aromatic N) is 1. The quantitative estimate of drug-likeness (QED) is 0.831. The number of piperidine rings is 2. The van der Waals surface area contributed by atoms with E-state index in [1.54, 1.807) is 36.4 Å². The first-order chi connectivity index (χ1) is 13.7. The fourth-order valence-corrected chi connectivity index (χ4v) is 4.45. The number of amides is 2. The summed E-state index contributed by atoms with van der Waals surface area (Å²) in [5.41, 5.74) is 1.23. The minimum absolute atomic E-state index is 0.0585. The van der Waals surface area contributed by atoms with Gasteiger partial charge in [0.15, 0.2) is 5.76 Å². The van der Waals surface area contributed by atoms with Gasteiger partial charge in [-0.3, -0.25) is 9.59 Å². The van der Waals surface area contributed by atoms with Crippen molar-refractivity contribution in [2.45, 2.75) is 38.1 Å². The van der Waals surface area contributed by atoms with Gasteiger partial charge in [-0.05, 0) is 81.1 Å². The number of hydrogen-bond donors (Lipinski definition) is 2. The van der Waals surface area contributed by atoms with Gasteiger partial charge in [-0.15, -0.1) is 0 Å². The highest BCUT2D eigenvalue weighted by atomic mass is 16.3. The lowest BCUT2D eigenvalue weighted by Crippen LogP contribution is -2.51. The molecule has 0 spiro atoms. The molecule has 0 unspecified atom stereocenters. The van der Waals surface area contributed by atoms with Crippen LogP contribution in [0.2, 0.25) is 0 Å². The Bertz CT molecular complexity index is 799. The third-order valence-corrected chi connectivity index (χ3v) is 5.90. The van der Waals surface area contributed by atoms with E-state index in [0.29, 0.717) is 23.2 Å². The fraction of sp³-hybridized carbons (Fsp3) is 0.455. The number of carbonyl (C=O) groups is 2. The van der Waals surface area contributed by atoms with Crippen LogP contribution < -0.4 is 10.6 Å². The number of nitrogens with one attached hydrogen (secondary N) is 2. The smallest absolute Gasteiger partial charge is 0.291 e. The number of carbonyl (C=O) groups excluding carboxylic acids is 2. The van der Waals surface area contributed by atoms with Gasteiger partial charge in [-0.25, -0.2) is 0 Å². The van der Waals surface area contributed by atoms with Crippen molar-refractivity contribution < 1.29 is 14.0 Å². The van der Waals surface area contributed by atoms with Gasteiger partial charge in [0.2, 0.25) is 0 Å². The summed E-state index contributed by atoms with van der Waals surface area (Å²) in [4.78, 5) is 27.2. The summed E-state index contributed by atoms with van der Waals surface area (Å²) < 4.78 is 5.08. The molecular formula is C22H27N3O3. The lowest BCUT2D eigenvalue weighted by molar-refractivity contribution is 0.0575. The molecule has 0 bridgehead atoms. The highest BCUT2D eigenvalue weighted by Gasteiger charge is 2.32. The van der Waals surface area contributed by atoms with Crippen molar-refractivity contribution in [3.63, 3.8) is 0 Å². The Hall–Kier alpha value is -2.60. The Kier molecular flexibility index (Phi) is 5.76. The normalized spacial score (nSPS) is 22.3. The van der Waals surface area contributed by atoms with E-state index in [2.05, 4.69) is 15.5 Å². The van der Waals surface area contributed by atoms with Gasteiger partial charge in [0, 0.05) is 23.8 Å². The third-order valence-electron chi connectivity index (χ3n) is 5.90. The van der Waals surface area contributed by atoms with Crippen molar-refractivity contribution in [3.05, 3.63) is 54.0 Å². The molecule has 148 valence electrons. The van der Waals surface area contributed by atoms with Gasteiger partial charge < -0.3 is 20.0 Å². The molecule has 6 heteroatoms. The number of rotatable bonds is 5. The van der Waals surface area contributed by atoms with Crippen molar-refractivity contribution in [2.24, 2.45) is 5.92 Å². The molecule has 1 aromatic heterocycles. The number of anilines is 1. The van der Waals surface area contributed by atoms with E-state index >= 15 is 0 Å². The van der Waals surface area contributed by atoms with E-state index in [1.165, 1.54) is 51.5 Å². The molecule has 2 aromatic rings. The SMILES string of the molecule is O=C(NC[C@@H]1CCCN2CCCC[C@H]12)c1ccc(NC(=O)c2ccco2)cc1. The van der Waals surface area contributed by atoms with E-state index in [9.17, 15) is 9.59 Å². The van der Waals surface area contributed by atoms with Crippen molar-refractivity contribution in [3.8, 4) is 0 Å². The fourth-order valence-electron chi connectivity index (χ4n) is 4.45. The van der Waals surface area contributed by atoms with Crippen LogP contribution in [0.25, 0.3) is 0 Å². The number of hydrogen-bond acceptors (Lipinski definition) is 4. The zero-order valence-electron chi connectivity index (χ0n) is 16.0. The van der Waals surface area contributed by atoms with E-state index in [4.69, 9.17) is 4.42 Å². The van der Waals surface area contributed by atoms with Gasteiger partial charge >= 0.3 is 0 Å². The molecule has 2 aliphatic rings. The van der Waals surface area contributed by atoms with Crippen molar-refractivity contribution >= 4 is 17.5 Å². The summed E-state index contributed by atoms with van der Waals surface area (Å²) in [6, 6.07) is 10.8. The van der Waals surface area contributed by atoms with Crippen LogP contribution in [-0.2, 0) is 0 Å². The minimum atomic E-state index is -0.309. The Balaban J connectivity index is 1.30. The summed E-state index contributed by atoms with van der Waals surface area (Å²) in [5.74, 6) is 0.435. The van der Waals surface area contributed by atoms with Crippen LogP contribution in [0.5, 0.6) is 0 Å². The van der Waals surface area contributed by atoms with Crippen LogP contribution in [0.15, 0.2) is 47.1 Å². The summed E-state index contributed by atoms with van der Waals surface area (Å²) in [5, 5.41) is 5.87. The first-order valence-electron chi connectivity index (χ1n) is 10.2. The highest BCUT2D eigenvalue weighted by molar-refractivity contribution is 6.02. The first kappa shape index (κ1) is 18.7. The molecule has 1 aromatic carbocycles. The first-order valence-corrected chi connectivity index (χ1v) is 10.2. The molecule has 0 saturated carbocycles. The van der Waals surface area contributed by atoms with Gasteiger partial charge in [0.1, 0.15) is 0 Å². The maximum Gasteiger partial charge on any atom is 0.291 e. The Morgan fingerprint density at radius 1 is 1.00 bits per heavy atom. The largest absolute Gasteiger partial charge is 0.459 e. The lowest BCUT2D eigenvalue weighted by Gasteiger charge is -2.44. The molecular weight excluding hydrogens is 354 g/mol. The summed E-state index contributed by atoms with van der Waals surface area (Å²) in [7, 11) is 0. The zero-order chi connectivity index (χ0) is 19.3.